The zero-order valence-electron chi connectivity index (χ0n) is 4.23. The minimum Gasteiger partial charge on any atom is -0.459 e. The van der Waals surface area contributed by atoms with Gasteiger partial charge < -0.3 is 4.42 Å². The highest BCUT2D eigenvalue weighted by Gasteiger charge is 2.04. The van der Waals surface area contributed by atoms with Crippen molar-refractivity contribution >= 4 is 39.4 Å². The molecule has 0 aromatic carbocycles. The molecule has 1 rings (SSSR count). The van der Waals surface area contributed by atoms with Crippen molar-refractivity contribution in [3.05, 3.63) is 21.7 Å². The molecular weight excluding hydrogens is 254 g/mol. The quantitative estimate of drug-likeness (QED) is 0.570. The Morgan fingerprint density at radius 1 is 1.78 bits per heavy atom. The summed E-state index contributed by atoms with van der Waals surface area (Å²) in [5, 5.41) is -0.557. The first-order valence-corrected chi connectivity index (χ1v) is 3.59. The molecule has 4 heteroatoms. The van der Waals surface area contributed by atoms with Crippen molar-refractivity contribution < 1.29 is 9.21 Å². The van der Waals surface area contributed by atoms with Gasteiger partial charge in [0.25, 0.3) is 5.24 Å². The summed E-state index contributed by atoms with van der Waals surface area (Å²) in [7, 11) is 0. The van der Waals surface area contributed by atoms with Crippen LogP contribution in [-0.4, -0.2) is 5.24 Å². The molecule has 0 spiro atoms. The van der Waals surface area contributed by atoms with Gasteiger partial charge in [-0.2, -0.15) is 0 Å². The van der Waals surface area contributed by atoms with Crippen LogP contribution in [0, 0.1) is 3.57 Å². The van der Waals surface area contributed by atoms with Crippen molar-refractivity contribution in [1.29, 1.82) is 0 Å². The molecule has 0 bridgehead atoms. The van der Waals surface area contributed by atoms with E-state index in [4.69, 9.17) is 16.0 Å². The fourth-order valence-corrected chi connectivity index (χ4v) is 0.925. The third kappa shape index (κ3) is 1.69. The topological polar surface area (TPSA) is 30.2 Å². The average Bonchev–Trinajstić information content (AvgIpc) is 2.14. The van der Waals surface area contributed by atoms with Crippen molar-refractivity contribution in [3.63, 3.8) is 0 Å². The van der Waals surface area contributed by atoms with E-state index in [1.165, 1.54) is 6.26 Å². The van der Waals surface area contributed by atoms with Crippen molar-refractivity contribution in [1.82, 2.24) is 0 Å². The first-order valence-electron chi connectivity index (χ1n) is 2.14. The summed E-state index contributed by atoms with van der Waals surface area (Å²) in [5.74, 6) is 0.195. The Labute approximate surface area is 70.3 Å². The largest absolute Gasteiger partial charge is 0.459 e. The molecule has 48 valence electrons. The lowest BCUT2D eigenvalue weighted by Crippen LogP contribution is -1.81. The van der Waals surface area contributed by atoms with Gasteiger partial charge in [-0.15, -0.1) is 0 Å². The number of carbonyl (C=O) groups excluding carboxylic acids is 1. The molecular formula is C5H2ClIO2. The second-order valence-corrected chi connectivity index (χ2v) is 2.99. The summed E-state index contributed by atoms with van der Waals surface area (Å²) in [6.07, 6.45) is 1.47. The lowest BCUT2D eigenvalue weighted by molar-refractivity contribution is 0.105. The number of rotatable bonds is 1. The molecule has 0 aliphatic heterocycles. The number of hydrogen-bond acceptors (Lipinski definition) is 2. The van der Waals surface area contributed by atoms with Crippen LogP contribution in [0.5, 0.6) is 0 Å². The fourth-order valence-electron chi connectivity index (χ4n) is 0.416. The van der Waals surface area contributed by atoms with Gasteiger partial charge in [0.15, 0.2) is 5.76 Å². The van der Waals surface area contributed by atoms with Crippen LogP contribution >= 0.6 is 34.2 Å². The molecule has 0 fully saturated rings. The third-order valence-corrected chi connectivity index (χ3v) is 1.51. The highest BCUT2D eigenvalue weighted by Crippen LogP contribution is 2.11. The van der Waals surface area contributed by atoms with E-state index >= 15 is 0 Å². The molecule has 1 aromatic heterocycles. The van der Waals surface area contributed by atoms with Crippen molar-refractivity contribution in [3.8, 4) is 0 Å². The van der Waals surface area contributed by atoms with Crippen LogP contribution in [0.15, 0.2) is 16.7 Å². The van der Waals surface area contributed by atoms with E-state index in [-0.39, 0.29) is 5.76 Å². The minimum atomic E-state index is -0.557. The van der Waals surface area contributed by atoms with Gasteiger partial charge in [0.2, 0.25) is 0 Å². The van der Waals surface area contributed by atoms with Crippen LogP contribution in [0.4, 0.5) is 0 Å². The smallest absolute Gasteiger partial charge is 0.287 e. The Bertz CT molecular complexity index is 231. The Balaban J connectivity index is 2.98. The van der Waals surface area contributed by atoms with E-state index in [2.05, 4.69) is 0 Å². The zero-order valence-corrected chi connectivity index (χ0v) is 7.14. The first-order chi connectivity index (χ1) is 4.20. The molecule has 0 unspecified atom stereocenters. The second kappa shape index (κ2) is 2.70. The highest BCUT2D eigenvalue weighted by molar-refractivity contribution is 14.1. The Morgan fingerprint density at radius 2 is 2.44 bits per heavy atom. The molecule has 0 aliphatic rings. The van der Waals surface area contributed by atoms with Crippen LogP contribution in [-0.2, 0) is 0 Å². The zero-order chi connectivity index (χ0) is 6.85. The van der Waals surface area contributed by atoms with E-state index in [1.54, 1.807) is 6.07 Å². The van der Waals surface area contributed by atoms with E-state index in [1.807, 2.05) is 22.6 Å². The van der Waals surface area contributed by atoms with Crippen LogP contribution in [0.25, 0.3) is 0 Å². The van der Waals surface area contributed by atoms with Gasteiger partial charge in [0, 0.05) is 6.07 Å². The monoisotopic (exact) mass is 256 g/mol. The van der Waals surface area contributed by atoms with E-state index in [9.17, 15) is 4.79 Å². The van der Waals surface area contributed by atoms with Gasteiger partial charge in [0.1, 0.15) is 6.26 Å². The summed E-state index contributed by atoms with van der Waals surface area (Å²) >= 11 is 7.11. The predicted molar refractivity (Wildman–Crippen MR) is 41.6 cm³/mol. The number of halogens is 2. The van der Waals surface area contributed by atoms with Crippen molar-refractivity contribution in [2.24, 2.45) is 0 Å². The predicted octanol–water partition coefficient (Wildman–Crippen LogP) is 2.26. The Morgan fingerprint density at radius 3 is 2.67 bits per heavy atom. The van der Waals surface area contributed by atoms with E-state index in [0.717, 1.165) is 3.57 Å². The molecule has 0 saturated carbocycles. The molecule has 0 atom stereocenters. The fraction of sp³-hybridized carbons (Fsp3) is 0. The Kier molecular flexibility index (Phi) is 2.13. The summed E-state index contributed by atoms with van der Waals surface area (Å²) in [6.45, 7) is 0. The Hall–Kier alpha value is -0.0300. The van der Waals surface area contributed by atoms with Gasteiger partial charge >= 0.3 is 0 Å². The molecule has 0 amide bonds. The van der Waals surface area contributed by atoms with Gasteiger partial charge in [-0.1, -0.05) is 0 Å². The van der Waals surface area contributed by atoms with E-state index < -0.39 is 5.24 Å². The standard InChI is InChI=1S/C5H2ClIO2/c6-5(8)4-1-3(7)2-9-4/h1-2H. The summed E-state index contributed by atoms with van der Waals surface area (Å²) < 4.78 is 5.61. The minimum absolute atomic E-state index is 0.195. The number of hydrogen-bond donors (Lipinski definition) is 0. The summed E-state index contributed by atoms with van der Waals surface area (Å²) in [4.78, 5) is 10.3. The van der Waals surface area contributed by atoms with Crippen LogP contribution in [0.1, 0.15) is 10.6 Å². The molecule has 0 radical (unpaired) electrons. The number of furan rings is 1. The molecule has 1 heterocycles. The third-order valence-electron chi connectivity index (χ3n) is 0.761. The normalized spacial score (nSPS) is 9.56. The SMILES string of the molecule is O=C(Cl)c1cc(I)co1. The molecule has 0 N–H and O–H groups in total. The molecule has 2 nitrogen and oxygen atoms in total. The average molecular weight is 256 g/mol. The maximum absolute atomic E-state index is 10.3. The lowest BCUT2D eigenvalue weighted by atomic mass is 10.5. The molecule has 0 aliphatic carbocycles. The van der Waals surface area contributed by atoms with E-state index in [0.29, 0.717) is 0 Å². The highest BCUT2D eigenvalue weighted by atomic mass is 127. The van der Waals surface area contributed by atoms with Gasteiger partial charge in [-0.3, -0.25) is 4.79 Å². The second-order valence-electron chi connectivity index (χ2n) is 1.40. The number of carbonyl (C=O) groups is 1. The lowest BCUT2D eigenvalue weighted by Gasteiger charge is -1.77. The van der Waals surface area contributed by atoms with Crippen LogP contribution in [0.2, 0.25) is 0 Å². The van der Waals surface area contributed by atoms with Crippen molar-refractivity contribution in [2.75, 3.05) is 0 Å². The summed E-state index contributed by atoms with van der Waals surface area (Å²) in [6, 6.07) is 1.58. The summed E-state index contributed by atoms with van der Waals surface area (Å²) in [5.41, 5.74) is 0. The molecule has 1 aromatic rings. The van der Waals surface area contributed by atoms with Crippen molar-refractivity contribution in [2.45, 2.75) is 0 Å². The first kappa shape index (κ1) is 7.08. The van der Waals surface area contributed by atoms with Crippen LogP contribution in [0.3, 0.4) is 0 Å². The molecule has 9 heavy (non-hydrogen) atoms. The molecule has 0 saturated heterocycles. The van der Waals surface area contributed by atoms with Crippen LogP contribution < -0.4 is 0 Å². The van der Waals surface area contributed by atoms with Gasteiger partial charge in [0.05, 0.1) is 3.57 Å². The van der Waals surface area contributed by atoms with Gasteiger partial charge in [-0.05, 0) is 34.2 Å². The maximum atomic E-state index is 10.3. The van der Waals surface area contributed by atoms with Gasteiger partial charge in [-0.25, -0.2) is 0 Å². The maximum Gasteiger partial charge on any atom is 0.287 e.